The topological polar surface area (TPSA) is 53.0 Å². The van der Waals surface area contributed by atoms with Crippen LogP contribution in [0.3, 0.4) is 0 Å². The molecular weight excluding hydrogens is 258 g/mol. The third-order valence-corrected chi connectivity index (χ3v) is 3.25. The molecule has 96 valence electrons. The molecular formula is C15H14ClN3. The standard InChI is InChI=1S/C15H14ClN3/c1-19(14-4-2-3-11(7-14)9-17)10-12-5-6-13(18)8-15(12)16/h2-8H,10,18H2,1H3. The molecule has 2 N–H and O–H groups in total. The fourth-order valence-electron chi connectivity index (χ4n) is 1.85. The first-order valence-electron chi connectivity index (χ1n) is 5.85. The first-order valence-corrected chi connectivity index (χ1v) is 6.23. The number of nitrogens with zero attached hydrogens (tertiary/aromatic N) is 2. The summed E-state index contributed by atoms with van der Waals surface area (Å²) in [6.07, 6.45) is 0. The minimum Gasteiger partial charge on any atom is -0.399 e. The number of hydrogen-bond donors (Lipinski definition) is 1. The second kappa shape index (κ2) is 5.64. The predicted molar refractivity (Wildman–Crippen MR) is 79.1 cm³/mol. The number of halogens is 1. The molecule has 0 fully saturated rings. The summed E-state index contributed by atoms with van der Waals surface area (Å²) in [5.74, 6) is 0. The van der Waals surface area contributed by atoms with Crippen LogP contribution in [0.15, 0.2) is 42.5 Å². The van der Waals surface area contributed by atoms with Gasteiger partial charge in [0, 0.05) is 30.0 Å². The van der Waals surface area contributed by atoms with Crippen molar-refractivity contribution in [2.75, 3.05) is 17.7 Å². The highest BCUT2D eigenvalue weighted by molar-refractivity contribution is 6.31. The van der Waals surface area contributed by atoms with E-state index in [9.17, 15) is 0 Å². The first-order chi connectivity index (χ1) is 9.10. The van der Waals surface area contributed by atoms with E-state index in [0.29, 0.717) is 22.8 Å². The Morgan fingerprint density at radius 1 is 1.26 bits per heavy atom. The average molecular weight is 272 g/mol. The van der Waals surface area contributed by atoms with Crippen LogP contribution in [0.4, 0.5) is 11.4 Å². The summed E-state index contributed by atoms with van der Waals surface area (Å²) in [6.45, 7) is 0.661. The minimum atomic E-state index is 0.646. The van der Waals surface area contributed by atoms with E-state index >= 15 is 0 Å². The van der Waals surface area contributed by atoms with Gasteiger partial charge in [0.1, 0.15) is 0 Å². The van der Waals surface area contributed by atoms with Crippen molar-refractivity contribution in [3.05, 3.63) is 58.6 Å². The SMILES string of the molecule is CN(Cc1ccc(N)cc1Cl)c1cccc(C#N)c1. The van der Waals surface area contributed by atoms with E-state index in [-0.39, 0.29) is 0 Å². The molecule has 0 aliphatic rings. The van der Waals surface area contributed by atoms with Crippen molar-refractivity contribution >= 4 is 23.0 Å². The number of hydrogen-bond acceptors (Lipinski definition) is 3. The molecule has 0 heterocycles. The van der Waals surface area contributed by atoms with E-state index in [0.717, 1.165) is 11.3 Å². The molecule has 0 saturated heterocycles. The van der Waals surface area contributed by atoms with Crippen molar-refractivity contribution in [1.29, 1.82) is 5.26 Å². The van der Waals surface area contributed by atoms with Crippen LogP contribution in [0.25, 0.3) is 0 Å². The molecule has 3 nitrogen and oxygen atoms in total. The smallest absolute Gasteiger partial charge is 0.0992 e. The molecule has 0 atom stereocenters. The van der Waals surface area contributed by atoms with Crippen LogP contribution in [0, 0.1) is 11.3 Å². The molecule has 19 heavy (non-hydrogen) atoms. The van der Waals surface area contributed by atoms with E-state index < -0.39 is 0 Å². The Hall–Kier alpha value is -2.18. The molecule has 0 unspecified atom stereocenters. The lowest BCUT2D eigenvalue weighted by Gasteiger charge is -2.20. The third-order valence-electron chi connectivity index (χ3n) is 2.90. The van der Waals surface area contributed by atoms with E-state index in [1.54, 1.807) is 12.1 Å². The molecule has 4 heteroatoms. The molecule has 0 radical (unpaired) electrons. The van der Waals surface area contributed by atoms with Gasteiger partial charge in [-0.05, 0) is 35.9 Å². The van der Waals surface area contributed by atoms with Gasteiger partial charge < -0.3 is 10.6 Å². The van der Waals surface area contributed by atoms with Crippen LogP contribution in [-0.4, -0.2) is 7.05 Å². The lowest BCUT2D eigenvalue weighted by molar-refractivity contribution is 0.923. The molecule has 2 aromatic carbocycles. The number of anilines is 2. The summed E-state index contributed by atoms with van der Waals surface area (Å²) < 4.78 is 0. The van der Waals surface area contributed by atoms with Gasteiger partial charge in [0.15, 0.2) is 0 Å². The van der Waals surface area contributed by atoms with E-state index in [1.807, 2.05) is 42.3 Å². The quantitative estimate of drug-likeness (QED) is 0.870. The number of benzene rings is 2. The second-order valence-corrected chi connectivity index (χ2v) is 4.78. The molecule has 2 aromatic rings. The zero-order valence-corrected chi connectivity index (χ0v) is 11.4. The Balaban J connectivity index is 2.20. The Morgan fingerprint density at radius 3 is 2.74 bits per heavy atom. The predicted octanol–water partition coefficient (Wildman–Crippen LogP) is 3.43. The Kier molecular flexibility index (Phi) is 3.94. The molecule has 0 aliphatic heterocycles. The lowest BCUT2D eigenvalue weighted by atomic mass is 10.1. The van der Waals surface area contributed by atoms with Crippen LogP contribution < -0.4 is 10.6 Å². The maximum atomic E-state index is 8.90. The first kappa shape index (κ1) is 13.3. The molecule has 0 bridgehead atoms. The zero-order valence-electron chi connectivity index (χ0n) is 10.6. The normalized spacial score (nSPS) is 9.95. The van der Waals surface area contributed by atoms with Crippen LogP contribution in [0.5, 0.6) is 0 Å². The van der Waals surface area contributed by atoms with Crippen molar-refractivity contribution in [3.63, 3.8) is 0 Å². The highest BCUT2D eigenvalue weighted by Crippen LogP contribution is 2.23. The molecule has 2 rings (SSSR count). The monoisotopic (exact) mass is 271 g/mol. The molecule has 0 saturated carbocycles. The summed E-state index contributed by atoms with van der Waals surface area (Å²) in [5.41, 5.74) is 8.95. The number of rotatable bonds is 3. The summed E-state index contributed by atoms with van der Waals surface area (Å²) in [7, 11) is 1.96. The second-order valence-electron chi connectivity index (χ2n) is 4.37. The maximum absolute atomic E-state index is 8.90. The fraction of sp³-hybridized carbons (Fsp3) is 0.133. The zero-order chi connectivity index (χ0) is 13.8. The summed E-state index contributed by atoms with van der Waals surface area (Å²) in [5, 5.41) is 9.56. The van der Waals surface area contributed by atoms with Crippen molar-refractivity contribution in [3.8, 4) is 6.07 Å². The highest BCUT2D eigenvalue weighted by atomic mass is 35.5. The van der Waals surface area contributed by atoms with Gasteiger partial charge in [0.2, 0.25) is 0 Å². The average Bonchev–Trinajstić information content (AvgIpc) is 2.42. The van der Waals surface area contributed by atoms with Gasteiger partial charge in [-0.1, -0.05) is 23.7 Å². The molecule has 0 amide bonds. The Morgan fingerprint density at radius 2 is 2.05 bits per heavy atom. The van der Waals surface area contributed by atoms with Crippen molar-refractivity contribution in [2.45, 2.75) is 6.54 Å². The number of nitrogen functional groups attached to an aromatic ring is 1. The van der Waals surface area contributed by atoms with Crippen LogP contribution in [0.1, 0.15) is 11.1 Å². The highest BCUT2D eigenvalue weighted by Gasteiger charge is 2.06. The van der Waals surface area contributed by atoms with Crippen molar-refractivity contribution in [1.82, 2.24) is 0 Å². The van der Waals surface area contributed by atoms with Gasteiger partial charge >= 0.3 is 0 Å². The number of nitriles is 1. The van der Waals surface area contributed by atoms with E-state index in [4.69, 9.17) is 22.6 Å². The van der Waals surface area contributed by atoms with Crippen LogP contribution in [0.2, 0.25) is 5.02 Å². The van der Waals surface area contributed by atoms with Crippen molar-refractivity contribution < 1.29 is 0 Å². The van der Waals surface area contributed by atoms with Gasteiger partial charge in [-0.3, -0.25) is 0 Å². The van der Waals surface area contributed by atoms with Gasteiger partial charge in [0.25, 0.3) is 0 Å². The Labute approximate surface area is 117 Å². The van der Waals surface area contributed by atoms with Gasteiger partial charge in [-0.2, -0.15) is 5.26 Å². The molecule has 0 spiro atoms. The summed E-state index contributed by atoms with van der Waals surface area (Å²) in [6, 6.07) is 15.1. The van der Waals surface area contributed by atoms with Gasteiger partial charge in [-0.25, -0.2) is 0 Å². The summed E-state index contributed by atoms with van der Waals surface area (Å²) >= 11 is 6.16. The van der Waals surface area contributed by atoms with E-state index in [2.05, 4.69) is 6.07 Å². The molecule has 0 aliphatic carbocycles. The van der Waals surface area contributed by atoms with Gasteiger partial charge in [-0.15, -0.1) is 0 Å². The van der Waals surface area contributed by atoms with E-state index in [1.165, 1.54) is 0 Å². The third kappa shape index (κ3) is 3.18. The lowest BCUT2D eigenvalue weighted by Crippen LogP contribution is -2.16. The fourth-order valence-corrected chi connectivity index (χ4v) is 2.10. The largest absolute Gasteiger partial charge is 0.399 e. The van der Waals surface area contributed by atoms with Crippen LogP contribution >= 0.6 is 11.6 Å². The summed E-state index contributed by atoms with van der Waals surface area (Å²) in [4.78, 5) is 2.04. The van der Waals surface area contributed by atoms with Crippen molar-refractivity contribution in [2.24, 2.45) is 0 Å². The molecule has 0 aromatic heterocycles. The number of nitrogens with two attached hydrogens (primary N) is 1. The Bertz CT molecular complexity index is 632. The van der Waals surface area contributed by atoms with Crippen LogP contribution in [-0.2, 0) is 6.54 Å². The minimum absolute atomic E-state index is 0.646. The maximum Gasteiger partial charge on any atom is 0.0992 e. The van der Waals surface area contributed by atoms with Gasteiger partial charge in [0.05, 0.1) is 11.6 Å².